The van der Waals surface area contributed by atoms with Crippen LogP contribution in [0.2, 0.25) is 0 Å². The number of hydrogen-bond donors (Lipinski definition) is 1. The SMILES string of the molecule is O=C(Cc1cccs1)[Se]c1c[nH]c2ccccc12. The Morgan fingerprint density at radius 3 is 2.94 bits per heavy atom. The molecule has 0 unspecified atom stereocenters. The predicted octanol–water partition coefficient (Wildman–Crippen LogP) is 2.33. The first-order valence-electron chi connectivity index (χ1n) is 5.62. The van der Waals surface area contributed by atoms with E-state index in [1.807, 2.05) is 41.9 Å². The van der Waals surface area contributed by atoms with Gasteiger partial charge in [-0.15, -0.1) is 0 Å². The number of para-hydroxylation sites is 1. The van der Waals surface area contributed by atoms with E-state index in [2.05, 4.69) is 11.1 Å². The van der Waals surface area contributed by atoms with Crippen molar-refractivity contribution in [2.24, 2.45) is 0 Å². The summed E-state index contributed by atoms with van der Waals surface area (Å²) in [6.07, 6.45) is 2.54. The average molecular weight is 320 g/mol. The molecular weight excluding hydrogens is 309 g/mol. The Hall–Kier alpha value is -1.35. The molecule has 0 fully saturated rings. The summed E-state index contributed by atoms with van der Waals surface area (Å²) in [5.41, 5.74) is 1.11. The standard InChI is InChI=1S/C14H11NOSSe/c16-14(8-10-4-3-7-17-10)18-13-9-15-12-6-2-1-5-11(12)13/h1-7,9,15H,8H2. The Labute approximate surface area is 115 Å². The Balaban J connectivity index is 1.78. The van der Waals surface area contributed by atoms with Crippen LogP contribution in [0.25, 0.3) is 10.9 Å². The number of carbonyl (C=O) groups excluding carboxylic acids is 1. The van der Waals surface area contributed by atoms with Crippen molar-refractivity contribution in [3.05, 3.63) is 52.9 Å². The molecule has 3 aromatic rings. The van der Waals surface area contributed by atoms with E-state index in [0.717, 1.165) is 14.9 Å². The molecule has 18 heavy (non-hydrogen) atoms. The fraction of sp³-hybridized carbons (Fsp3) is 0.0714. The van der Waals surface area contributed by atoms with Gasteiger partial charge in [-0.2, -0.15) is 0 Å². The summed E-state index contributed by atoms with van der Waals surface area (Å²) in [5, 5.41) is 3.19. The van der Waals surface area contributed by atoms with E-state index in [1.54, 1.807) is 11.3 Å². The summed E-state index contributed by atoms with van der Waals surface area (Å²) in [5.74, 6) is 0. The van der Waals surface area contributed by atoms with Crippen molar-refractivity contribution in [2.45, 2.75) is 6.42 Å². The van der Waals surface area contributed by atoms with Crippen molar-refractivity contribution >= 4 is 46.3 Å². The zero-order chi connectivity index (χ0) is 12.4. The second-order valence-corrected chi connectivity index (χ2v) is 7.27. The van der Waals surface area contributed by atoms with Crippen molar-refractivity contribution in [1.29, 1.82) is 0 Å². The third-order valence-electron chi connectivity index (χ3n) is 2.67. The first-order chi connectivity index (χ1) is 8.83. The number of benzene rings is 1. The molecule has 0 saturated carbocycles. The number of rotatable bonds is 4. The molecule has 90 valence electrons. The topological polar surface area (TPSA) is 32.9 Å². The molecular formula is C14H11NOSSe. The molecule has 0 radical (unpaired) electrons. The van der Waals surface area contributed by atoms with Gasteiger partial charge in [0.1, 0.15) is 0 Å². The molecule has 0 atom stereocenters. The Bertz CT molecular complexity index is 672. The summed E-state index contributed by atoms with van der Waals surface area (Å²) in [7, 11) is 0. The van der Waals surface area contributed by atoms with Gasteiger partial charge < -0.3 is 0 Å². The van der Waals surface area contributed by atoms with Crippen LogP contribution >= 0.6 is 11.3 Å². The summed E-state index contributed by atoms with van der Waals surface area (Å²) in [6, 6.07) is 12.1. The quantitative estimate of drug-likeness (QED) is 0.736. The second kappa shape index (κ2) is 5.10. The van der Waals surface area contributed by atoms with Crippen molar-refractivity contribution in [2.75, 3.05) is 0 Å². The van der Waals surface area contributed by atoms with Gasteiger partial charge in [0.05, 0.1) is 0 Å². The number of carbonyl (C=O) groups is 1. The van der Waals surface area contributed by atoms with Crippen molar-refractivity contribution in [3.63, 3.8) is 0 Å². The predicted molar refractivity (Wildman–Crippen MR) is 76.7 cm³/mol. The zero-order valence-corrected chi connectivity index (χ0v) is 12.1. The van der Waals surface area contributed by atoms with Crippen molar-refractivity contribution in [3.8, 4) is 0 Å². The van der Waals surface area contributed by atoms with Gasteiger partial charge in [0.15, 0.2) is 0 Å². The van der Waals surface area contributed by atoms with Gasteiger partial charge in [-0.25, -0.2) is 0 Å². The first-order valence-corrected chi connectivity index (χ1v) is 8.21. The monoisotopic (exact) mass is 321 g/mol. The van der Waals surface area contributed by atoms with Gasteiger partial charge in [-0.3, -0.25) is 0 Å². The van der Waals surface area contributed by atoms with Gasteiger partial charge >= 0.3 is 115 Å². The van der Waals surface area contributed by atoms with Crippen LogP contribution in [-0.2, 0) is 11.2 Å². The fourth-order valence-electron chi connectivity index (χ4n) is 1.84. The molecule has 1 N–H and O–H groups in total. The summed E-state index contributed by atoms with van der Waals surface area (Å²) < 4.78 is 1.48. The van der Waals surface area contributed by atoms with Crippen LogP contribution < -0.4 is 4.46 Å². The third-order valence-corrected chi connectivity index (χ3v) is 5.50. The number of nitrogens with one attached hydrogen (secondary N) is 1. The summed E-state index contributed by atoms with van der Waals surface area (Å²) >= 11 is 1.54. The Kier molecular flexibility index (Phi) is 3.32. The van der Waals surface area contributed by atoms with Gasteiger partial charge in [0.2, 0.25) is 0 Å². The minimum absolute atomic E-state index is 0.108. The van der Waals surface area contributed by atoms with E-state index in [1.165, 1.54) is 5.39 Å². The number of hydrogen-bond acceptors (Lipinski definition) is 2. The molecule has 4 heteroatoms. The molecule has 0 aliphatic rings. The number of thiophene rings is 1. The Morgan fingerprint density at radius 1 is 1.22 bits per heavy atom. The number of aromatic nitrogens is 1. The first kappa shape index (κ1) is 11.7. The van der Waals surface area contributed by atoms with E-state index in [0.29, 0.717) is 11.1 Å². The molecule has 0 spiro atoms. The summed E-state index contributed by atoms with van der Waals surface area (Å²) in [4.78, 5) is 16.4. The average Bonchev–Trinajstić information content (AvgIpc) is 3.00. The molecule has 2 aromatic heterocycles. The van der Waals surface area contributed by atoms with Crippen LogP contribution in [0.3, 0.4) is 0 Å². The van der Waals surface area contributed by atoms with Crippen molar-refractivity contribution in [1.82, 2.24) is 4.98 Å². The third kappa shape index (κ3) is 2.41. The van der Waals surface area contributed by atoms with Gasteiger partial charge in [0.25, 0.3) is 0 Å². The maximum atomic E-state index is 12.0. The Morgan fingerprint density at radius 2 is 2.11 bits per heavy atom. The maximum absolute atomic E-state index is 12.0. The molecule has 0 bridgehead atoms. The number of H-pyrrole nitrogens is 1. The number of fused-ring (bicyclic) bond motifs is 1. The van der Waals surface area contributed by atoms with Crippen LogP contribution in [-0.4, -0.2) is 24.6 Å². The van der Waals surface area contributed by atoms with Gasteiger partial charge in [-0.05, 0) is 0 Å². The van der Waals surface area contributed by atoms with Crippen LogP contribution in [0.15, 0.2) is 48.0 Å². The molecule has 0 saturated heterocycles. The van der Waals surface area contributed by atoms with E-state index in [-0.39, 0.29) is 15.0 Å². The van der Waals surface area contributed by atoms with E-state index in [4.69, 9.17) is 0 Å². The van der Waals surface area contributed by atoms with Crippen LogP contribution in [0.4, 0.5) is 0 Å². The number of aromatic amines is 1. The molecule has 2 heterocycles. The van der Waals surface area contributed by atoms with Crippen LogP contribution in [0.5, 0.6) is 0 Å². The minimum atomic E-state index is -0.108. The molecule has 0 aliphatic heterocycles. The fourth-order valence-corrected chi connectivity index (χ4v) is 4.60. The summed E-state index contributed by atoms with van der Waals surface area (Å²) in [6.45, 7) is 0. The zero-order valence-electron chi connectivity index (χ0n) is 9.55. The second-order valence-electron chi connectivity index (χ2n) is 3.93. The van der Waals surface area contributed by atoms with E-state index >= 15 is 0 Å². The molecule has 1 aromatic carbocycles. The molecule has 0 amide bonds. The van der Waals surface area contributed by atoms with Crippen molar-refractivity contribution < 1.29 is 4.79 Å². The van der Waals surface area contributed by atoms with Crippen LogP contribution in [0, 0.1) is 0 Å². The molecule has 0 aliphatic carbocycles. The van der Waals surface area contributed by atoms with Crippen LogP contribution in [0.1, 0.15) is 4.88 Å². The molecule has 3 rings (SSSR count). The molecule has 2 nitrogen and oxygen atoms in total. The van der Waals surface area contributed by atoms with E-state index in [9.17, 15) is 4.79 Å². The normalized spacial score (nSPS) is 10.9. The van der Waals surface area contributed by atoms with Gasteiger partial charge in [-0.1, -0.05) is 0 Å². The van der Waals surface area contributed by atoms with E-state index < -0.39 is 0 Å². The van der Waals surface area contributed by atoms with Gasteiger partial charge in [0, 0.05) is 0 Å².